The van der Waals surface area contributed by atoms with Crippen molar-refractivity contribution in [2.24, 2.45) is 0 Å². The van der Waals surface area contributed by atoms with E-state index in [1.807, 2.05) is 87.4 Å². The van der Waals surface area contributed by atoms with E-state index in [0.29, 0.717) is 12.4 Å². The number of nitrogens with one attached hydrogen (secondary N) is 1. The molecule has 1 atom stereocenters. The second kappa shape index (κ2) is 9.34. The molecule has 150 valence electrons. The van der Waals surface area contributed by atoms with Gasteiger partial charge in [-0.05, 0) is 56.3 Å². The molecule has 5 heteroatoms. The van der Waals surface area contributed by atoms with Crippen LogP contribution in [0.2, 0.25) is 0 Å². The lowest BCUT2D eigenvalue weighted by atomic mass is 10.1. The molecule has 0 spiro atoms. The molecule has 1 aromatic heterocycles. The third-order valence-corrected chi connectivity index (χ3v) is 4.70. The van der Waals surface area contributed by atoms with Gasteiger partial charge in [0.05, 0.1) is 0 Å². The molecule has 0 saturated carbocycles. The van der Waals surface area contributed by atoms with Gasteiger partial charge in [-0.3, -0.25) is 9.69 Å². The summed E-state index contributed by atoms with van der Waals surface area (Å²) in [6.07, 6.45) is 1.73. The minimum Gasteiger partial charge on any atom is -0.439 e. The zero-order valence-electron chi connectivity index (χ0n) is 17.3. The largest absolute Gasteiger partial charge is 0.439 e. The number of ether oxygens (including phenoxy) is 1. The average Bonchev–Trinajstić information content (AvgIpc) is 2.71. The Kier molecular flexibility index (Phi) is 6.62. The highest BCUT2D eigenvalue weighted by atomic mass is 16.5. The molecule has 2 aromatic carbocycles. The fourth-order valence-corrected chi connectivity index (χ4v) is 3.11. The molecular weight excluding hydrogens is 362 g/mol. The van der Waals surface area contributed by atoms with Crippen molar-refractivity contribution in [3.8, 4) is 11.6 Å². The number of rotatable bonds is 7. The second-order valence-corrected chi connectivity index (χ2v) is 7.37. The van der Waals surface area contributed by atoms with Crippen molar-refractivity contribution in [1.29, 1.82) is 0 Å². The van der Waals surface area contributed by atoms with Crippen LogP contribution in [0, 0.1) is 13.8 Å². The monoisotopic (exact) mass is 389 g/mol. The maximum Gasteiger partial charge on any atom is 0.242 e. The molecule has 0 bridgehead atoms. The molecule has 0 aliphatic rings. The molecule has 0 fully saturated rings. The predicted octanol–water partition coefficient (Wildman–Crippen LogP) is 4.41. The highest BCUT2D eigenvalue weighted by Gasteiger charge is 2.22. The normalized spacial score (nSPS) is 11.9. The highest BCUT2D eigenvalue weighted by Crippen LogP contribution is 2.25. The second-order valence-electron chi connectivity index (χ2n) is 7.37. The number of likely N-dealkylation sites (N-methyl/N-ethyl adjacent to an activating group) is 1. The van der Waals surface area contributed by atoms with Gasteiger partial charge in [-0.1, -0.05) is 48.5 Å². The van der Waals surface area contributed by atoms with E-state index in [9.17, 15) is 4.79 Å². The van der Waals surface area contributed by atoms with Crippen molar-refractivity contribution in [3.05, 3.63) is 89.1 Å². The van der Waals surface area contributed by atoms with Crippen molar-refractivity contribution in [3.63, 3.8) is 0 Å². The molecular formula is C24H27N3O2. The number of pyridine rings is 1. The van der Waals surface area contributed by atoms with Gasteiger partial charge in [0.1, 0.15) is 11.8 Å². The van der Waals surface area contributed by atoms with Crippen molar-refractivity contribution in [2.45, 2.75) is 26.4 Å². The molecule has 1 amide bonds. The van der Waals surface area contributed by atoms with Crippen molar-refractivity contribution >= 4 is 5.91 Å². The highest BCUT2D eigenvalue weighted by molar-refractivity contribution is 5.83. The maximum absolute atomic E-state index is 12.7. The van der Waals surface area contributed by atoms with Gasteiger partial charge in [-0.15, -0.1) is 0 Å². The molecule has 1 heterocycles. The van der Waals surface area contributed by atoms with Crippen LogP contribution in [0.4, 0.5) is 0 Å². The number of aromatic nitrogens is 1. The first kappa shape index (κ1) is 20.6. The lowest BCUT2D eigenvalue weighted by molar-refractivity contribution is -0.125. The first-order valence-electron chi connectivity index (χ1n) is 9.63. The van der Waals surface area contributed by atoms with Crippen molar-refractivity contribution in [2.75, 3.05) is 14.1 Å². The van der Waals surface area contributed by atoms with Gasteiger partial charge in [0.15, 0.2) is 0 Å². The van der Waals surface area contributed by atoms with E-state index in [0.717, 1.165) is 28.0 Å². The van der Waals surface area contributed by atoms with Gasteiger partial charge in [-0.2, -0.15) is 0 Å². The van der Waals surface area contributed by atoms with Crippen LogP contribution in [0.25, 0.3) is 0 Å². The van der Waals surface area contributed by atoms with Crippen LogP contribution in [0.3, 0.4) is 0 Å². The van der Waals surface area contributed by atoms with Crippen LogP contribution in [0.15, 0.2) is 66.9 Å². The summed E-state index contributed by atoms with van der Waals surface area (Å²) in [5.74, 6) is 1.29. The molecule has 0 unspecified atom stereocenters. The first-order chi connectivity index (χ1) is 13.9. The van der Waals surface area contributed by atoms with Crippen LogP contribution in [-0.2, 0) is 11.3 Å². The summed E-state index contributed by atoms with van der Waals surface area (Å²) >= 11 is 0. The summed E-state index contributed by atoms with van der Waals surface area (Å²) in [6, 6.07) is 19.2. The molecule has 3 rings (SSSR count). The van der Waals surface area contributed by atoms with E-state index < -0.39 is 0 Å². The van der Waals surface area contributed by atoms with E-state index in [1.54, 1.807) is 6.20 Å². The Morgan fingerprint density at radius 1 is 1.07 bits per heavy atom. The van der Waals surface area contributed by atoms with E-state index in [1.165, 1.54) is 0 Å². The van der Waals surface area contributed by atoms with Crippen LogP contribution in [0.5, 0.6) is 11.6 Å². The minimum absolute atomic E-state index is 0.0445. The van der Waals surface area contributed by atoms with Crippen LogP contribution in [-0.4, -0.2) is 29.9 Å². The molecule has 3 aromatic rings. The number of benzene rings is 2. The molecule has 0 saturated heterocycles. The van der Waals surface area contributed by atoms with Crippen molar-refractivity contribution in [1.82, 2.24) is 15.2 Å². The molecule has 1 N–H and O–H groups in total. The van der Waals surface area contributed by atoms with Crippen molar-refractivity contribution < 1.29 is 9.53 Å². The van der Waals surface area contributed by atoms with Gasteiger partial charge < -0.3 is 10.1 Å². The lowest BCUT2D eigenvalue weighted by Gasteiger charge is -2.23. The third-order valence-electron chi connectivity index (χ3n) is 4.70. The van der Waals surface area contributed by atoms with E-state index in [4.69, 9.17) is 4.74 Å². The Labute approximate surface area is 172 Å². The number of hydrogen-bond acceptors (Lipinski definition) is 4. The summed E-state index contributed by atoms with van der Waals surface area (Å²) in [5, 5.41) is 3.00. The maximum atomic E-state index is 12.7. The van der Waals surface area contributed by atoms with Gasteiger partial charge in [-0.25, -0.2) is 4.98 Å². The number of carbonyl (C=O) groups is 1. The SMILES string of the molecule is Cc1ccc(C)c(Oc2ccc(CNC(=O)[C@@H](c3ccccc3)N(C)C)cn2)c1. The smallest absolute Gasteiger partial charge is 0.242 e. The van der Waals surface area contributed by atoms with Crippen LogP contribution in [0.1, 0.15) is 28.3 Å². The standard InChI is InChI=1S/C24H27N3O2/c1-17-10-11-18(2)21(14-17)29-22-13-12-19(15-25-22)16-26-24(28)23(27(3)4)20-8-6-5-7-9-20/h5-15,23H,16H2,1-4H3,(H,26,28)/t23-/m1/s1. The molecule has 29 heavy (non-hydrogen) atoms. The Balaban J connectivity index is 1.62. The average molecular weight is 389 g/mol. The Bertz CT molecular complexity index is 954. The zero-order valence-corrected chi connectivity index (χ0v) is 17.3. The van der Waals surface area contributed by atoms with Gasteiger partial charge in [0.25, 0.3) is 0 Å². The first-order valence-corrected chi connectivity index (χ1v) is 9.63. The molecule has 0 aliphatic carbocycles. The predicted molar refractivity (Wildman–Crippen MR) is 115 cm³/mol. The summed E-state index contributed by atoms with van der Waals surface area (Å²) in [5.41, 5.74) is 4.07. The summed E-state index contributed by atoms with van der Waals surface area (Å²) in [6.45, 7) is 4.45. The van der Waals surface area contributed by atoms with Gasteiger partial charge in [0.2, 0.25) is 11.8 Å². The molecule has 0 radical (unpaired) electrons. The Morgan fingerprint density at radius 3 is 2.48 bits per heavy atom. The van der Waals surface area contributed by atoms with Gasteiger partial charge in [0, 0.05) is 18.8 Å². The van der Waals surface area contributed by atoms with Crippen LogP contribution >= 0.6 is 0 Å². The lowest BCUT2D eigenvalue weighted by Crippen LogP contribution is -2.36. The van der Waals surface area contributed by atoms with Crippen LogP contribution < -0.4 is 10.1 Å². The number of nitrogens with zero attached hydrogens (tertiary/aromatic N) is 2. The van der Waals surface area contributed by atoms with Gasteiger partial charge >= 0.3 is 0 Å². The third kappa shape index (κ3) is 5.42. The summed E-state index contributed by atoms with van der Waals surface area (Å²) < 4.78 is 5.89. The van der Waals surface area contributed by atoms with E-state index >= 15 is 0 Å². The fourth-order valence-electron chi connectivity index (χ4n) is 3.11. The van der Waals surface area contributed by atoms with E-state index in [2.05, 4.69) is 16.4 Å². The fraction of sp³-hybridized carbons (Fsp3) is 0.250. The number of carbonyl (C=O) groups excluding carboxylic acids is 1. The Morgan fingerprint density at radius 2 is 1.83 bits per heavy atom. The molecule has 5 nitrogen and oxygen atoms in total. The molecule has 0 aliphatic heterocycles. The summed E-state index contributed by atoms with van der Waals surface area (Å²) in [4.78, 5) is 19.0. The minimum atomic E-state index is -0.337. The summed E-state index contributed by atoms with van der Waals surface area (Å²) in [7, 11) is 3.80. The topological polar surface area (TPSA) is 54.5 Å². The quantitative estimate of drug-likeness (QED) is 0.650. The number of amides is 1. The zero-order chi connectivity index (χ0) is 20.8. The van der Waals surface area contributed by atoms with E-state index in [-0.39, 0.29) is 11.9 Å². The number of hydrogen-bond donors (Lipinski definition) is 1. The number of aryl methyl sites for hydroxylation is 2. The Hall–Kier alpha value is -3.18.